The van der Waals surface area contributed by atoms with Crippen molar-refractivity contribution >= 4 is 5.97 Å². The second-order valence-corrected chi connectivity index (χ2v) is 4.74. The van der Waals surface area contributed by atoms with Gasteiger partial charge in [0.25, 0.3) is 0 Å². The largest absolute Gasteiger partial charge is 0.460 e. The number of halogens is 2. The van der Waals surface area contributed by atoms with Crippen molar-refractivity contribution in [1.82, 2.24) is 9.78 Å². The van der Waals surface area contributed by atoms with Crippen molar-refractivity contribution < 1.29 is 23.0 Å². The molecule has 0 radical (unpaired) electrons. The van der Waals surface area contributed by atoms with Crippen LogP contribution >= 0.6 is 0 Å². The first-order valence-electron chi connectivity index (χ1n) is 5.37. The third-order valence-corrected chi connectivity index (χ3v) is 1.91. The van der Waals surface area contributed by atoms with Crippen molar-refractivity contribution in [2.75, 3.05) is 0 Å². The fourth-order valence-corrected chi connectivity index (χ4v) is 1.32. The summed E-state index contributed by atoms with van der Waals surface area (Å²) < 4.78 is 34.5. The maximum atomic E-state index is 12.0. The lowest BCUT2D eigenvalue weighted by Crippen LogP contribution is -2.25. The third kappa shape index (κ3) is 4.68. The summed E-state index contributed by atoms with van der Waals surface area (Å²) in [5.74, 6) is -0.667. The molecule has 0 amide bonds. The molecule has 0 aliphatic heterocycles. The summed E-state index contributed by atoms with van der Waals surface area (Å²) in [4.78, 5) is 11.6. The fraction of sp³-hybridized carbons (Fsp3) is 0.636. The summed E-state index contributed by atoms with van der Waals surface area (Å²) in [6.45, 7) is 2.31. The van der Waals surface area contributed by atoms with Gasteiger partial charge >= 0.3 is 12.6 Å². The average molecular weight is 262 g/mol. The smallest absolute Gasteiger partial charge is 0.388 e. The van der Waals surface area contributed by atoms with E-state index in [4.69, 9.17) is 4.74 Å². The number of rotatable bonds is 4. The van der Waals surface area contributed by atoms with E-state index in [-0.39, 0.29) is 12.3 Å². The van der Waals surface area contributed by atoms with Gasteiger partial charge in [-0.05, 0) is 20.8 Å². The topological polar surface area (TPSA) is 53.4 Å². The maximum absolute atomic E-state index is 12.0. The van der Waals surface area contributed by atoms with Crippen LogP contribution in [0.4, 0.5) is 8.78 Å². The van der Waals surface area contributed by atoms with E-state index in [1.165, 1.54) is 17.8 Å². The summed E-state index contributed by atoms with van der Waals surface area (Å²) in [6, 6.07) is 1.29. The standard InChI is InChI=1S/C11H16F2N2O3/c1-11(2,3)18-9(16)6-7-5-8(14-15(7)4)17-10(12)13/h5,10H,6H2,1-4H3. The number of alkyl halides is 2. The van der Waals surface area contributed by atoms with Crippen LogP contribution in [-0.4, -0.2) is 28.0 Å². The lowest BCUT2D eigenvalue weighted by molar-refractivity contribution is -0.154. The molecule has 1 heterocycles. The van der Waals surface area contributed by atoms with Gasteiger partial charge in [0.05, 0.1) is 12.1 Å². The Morgan fingerprint density at radius 1 is 1.50 bits per heavy atom. The second kappa shape index (κ2) is 5.32. The highest BCUT2D eigenvalue weighted by Gasteiger charge is 2.19. The van der Waals surface area contributed by atoms with Crippen LogP contribution in [0.25, 0.3) is 0 Å². The molecule has 0 fully saturated rings. The highest BCUT2D eigenvalue weighted by Crippen LogP contribution is 2.16. The molecule has 0 aliphatic carbocycles. The molecule has 1 aromatic heterocycles. The number of hydrogen-bond donors (Lipinski definition) is 0. The van der Waals surface area contributed by atoms with Crippen molar-refractivity contribution in [2.45, 2.75) is 39.4 Å². The van der Waals surface area contributed by atoms with Crippen LogP contribution in [0.1, 0.15) is 26.5 Å². The number of esters is 1. The van der Waals surface area contributed by atoms with E-state index in [0.717, 1.165) is 0 Å². The monoisotopic (exact) mass is 262 g/mol. The molecule has 102 valence electrons. The molecule has 0 saturated carbocycles. The highest BCUT2D eigenvalue weighted by molar-refractivity contribution is 5.72. The minimum Gasteiger partial charge on any atom is -0.460 e. The van der Waals surface area contributed by atoms with Gasteiger partial charge in [-0.3, -0.25) is 9.48 Å². The van der Waals surface area contributed by atoms with Crippen LogP contribution in [-0.2, 0) is 23.0 Å². The molecular formula is C11H16F2N2O3. The number of nitrogens with zero attached hydrogens (tertiary/aromatic N) is 2. The number of ether oxygens (including phenoxy) is 2. The first-order chi connectivity index (χ1) is 8.17. The molecule has 5 nitrogen and oxygen atoms in total. The van der Waals surface area contributed by atoms with Crippen molar-refractivity contribution in [1.29, 1.82) is 0 Å². The van der Waals surface area contributed by atoms with Crippen LogP contribution in [0.15, 0.2) is 6.07 Å². The predicted molar refractivity (Wildman–Crippen MR) is 59.4 cm³/mol. The molecule has 0 unspecified atom stereocenters. The Kier molecular flexibility index (Phi) is 4.26. The normalized spacial score (nSPS) is 11.7. The molecule has 0 aliphatic rings. The van der Waals surface area contributed by atoms with E-state index in [1.54, 1.807) is 20.8 Å². The third-order valence-electron chi connectivity index (χ3n) is 1.91. The summed E-state index contributed by atoms with van der Waals surface area (Å²) in [7, 11) is 1.54. The van der Waals surface area contributed by atoms with Crippen molar-refractivity contribution in [3.63, 3.8) is 0 Å². The Labute approximate surface area is 104 Å². The van der Waals surface area contributed by atoms with Gasteiger partial charge in [-0.1, -0.05) is 0 Å². The van der Waals surface area contributed by atoms with Gasteiger partial charge in [-0.25, -0.2) is 0 Å². The van der Waals surface area contributed by atoms with Crippen molar-refractivity contribution in [2.24, 2.45) is 7.05 Å². The number of carbonyl (C=O) groups is 1. The van der Waals surface area contributed by atoms with Crippen molar-refractivity contribution in [3.05, 3.63) is 11.8 Å². The van der Waals surface area contributed by atoms with Gasteiger partial charge in [0.2, 0.25) is 5.88 Å². The SMILES string of the molecule is Cn1nc(OC(F)F)cc1CC(=O)OC(C)(C)C. The second-order valence-electron chi connectivity index (χ2n) is 4.74. The van der Waals surface area contributed by atoms with Gasteiger partial charge in [0, 0.05) is 13.1 Å². The Balaban J connectivity index is 2.67. The van der Waals surface area contributed by atoms with E-state index >= 15 is 0 Å². The molecule has 0 N–H and O–H groups in total. The number of carbonyl (C=O) groups excluding carboxylic acids is 1. The molecule has 1 rings (SSSR count). The molecule has 0 atom stereocenters. The molecule has 7 heteroatoms. The minimum absolute atomic E-state index is 0.0482. The molecular weight excluding hydrogens is 246 g/mol. The summed E-state index contributed by atoms with van der Waals surface area (Å²) >= 11 is 0. The Hall–Kier alpha value is -1.66. The fourth-order valence-electron chi connectivity index (χ4n) is 1.32. The van der Waals surface area contributed by atoms with E-state index in [0.29, 0.717) is 5.69 Å². The van der Waals surface area contributed by atoms with Gasteiger partial charge < -0.3 is 9.47 Å². The van der Waals surface area contributed by atoms with E-state index in [9.17, 15) is 13.6 Å². The Morgan fingerprint density at radius 3 is 2.61 bits per heavy atom. The zero-order valence-corrected chi connectivity index (χ0v) is 10.7. The van der Waals surface area contributed by atoms with Gasteiger partial charge in [0.1, 0.15) is 5.60 Å². The van der Waals surface area contributed by atoms with E-state index in [1.807, 2.05) is 0 Å². The van der Waals surface area contributed by atoms with Crippen LogP contribution in [0.2, 0.25) is 0 Å². The molecule has 0 spiro atoms. The minimum atomic E-state index is -2.94. The lowest BCUT2D eigenvalue weighted by atomic mass is 10.2. The summed E-state index contributed by atoms with van der Waals surface area (Å²) in [5, 5.41) is 3.71. The Morgan fingerprint density at radius 2 is 2.11 bits per heavy atom. The van der Waals surface area contributed by atoms with E-state index in [2.05, 4.69) is 9.84 Å². The highest BCUT2D eigenvalue weighted by atomic mass is 19.3. The van der Waals surface area contributed by atoms with Crippen LogP contribution in [0.5, 0.6) is 5.88 Å². The molecule has 0 saturated heterocycles. The first kappa shape index (κ1) is 14.4. The molecule has 0 aromatic carbocycles. The molecule has 18 heavy (non-hydrogen) atoms. The zero-order valence-electron chi connectivity index (χ0n) is 10.7. The Bertz CT molecular complexity index is 424. The number of aryl methyl sites for hydroxylation is 1. The van der Waals surface area contributed by atoms with Crippen LogP contribution in [0.3, 0.4) is 0 Å². The van der Waals surface area contributed by atoms with Gasteiger partial charge in [-0.15, -0.1) is 5.10 Å². The zero-order chi connectivity index (χ0) is 13.9. The van der Waals surface area contributed by atoms with Crippen LogP contribution < -0.4 is 4.74 Å². The van der Waals surface area contributed by atoms with Gasteiger partial charge in [0.15, 0.2) is 0 Å². The first-order valence-corrected chi connectivity index (χ1v) is 5.37. The number of hydrogen-bond acceptors (Lipinski definition) is 4. The average Bonchev–Trinajstić information content (AvgIpc) is 2.41. The number of aromatic nitrogens is 2. The van der Waals surface area contributed by atoms with E-state index < -0.39 is 18.2 Å². The lowest BCUT2D eigenvalue weighted by Gasteiger charge is -2.19. The molecule has 0 bridgehead atoms. The van der Waals surface area contributed by atoms with Crippen LogP contribution in [0, 0.1) is 0 Å². The predicted octanol–water partition coefficient (Wildman–Crippen LogP) is 1.91. The summed E-state index contributed by atoms with van der Waals surface area (Å²) in [6.07, 6.45) is -0.0482. The maximum Gasteiger partial charge on any atom is 0.388 e. The van der Waals surface area contributed by atoms with Crippen molar-refractivity contribution in [3.8, 4) is 5.88 Å². The summed E-state index contributed by atoms with van der Waals surface area (Å²) in [5.41, 5.74) is -0.141. The quantitative estimate of drug-likeness (QED) is 0.778. The molecule has 1 aromatic rings. The van der Waals surface area contributed by atoms with Gasteiger partial charge in [-0.2, -0.15) is 8.78 Å².